The fourth-order valence-corrected chi connectivity index (χ4v) is 4.06. The molecule has 1 aromatic heterocycles. The van der Waals surface area contributed by atoms with Crippen LogP contribution >= 0.6 is 0 Å². The lowest BCUT2D eigenvalue weighted by Gasteiger charge is -2.32. The molecule has 0 aliphatic carbocycles. The average molecular weight is 344 g/mol. The molecule has 134 valence electrons. The topological polar surface area (TPSA) is 74.8 Å². The van der Waals surface area contributed by atoms with Gasteiger partial charge >= 0.3 is 0 Å². The van der Waals surface area contributed by atoms with E-state index in [2.05, 4.69) is 15.2 Å². The van der Waals surface area contributed by atoms with Crippen molar-refractivity contribution in [3.05, 3.63) is 23.9 Å². The monoisotopic (exact) mass is 344 g/mol. The first-order chi connectivity index (χ1) is 12.2. The van der Waals surface area contributed by atoms with Gasteiger partial charge in [-0.05, 0) is 31.4 Å². The van der Waals surface area contributed by atoms with Crippen molar-refractivity contribution < 1.29 is 14.3 Å². The first-order valence-corrected chi connectivity index (χ1v) is 9.04. The van der Waals surface area contributed by atoms with Crippen LogP contribution in [-0.4, -0.2) is 67.6 Å². The van der Waals surface area contributed by atoms with E-state index in [1.54, 1.807) is 12.3 Å². The highest BCUT2D eigenvalue weighted by molar-refractivity contribution is 5.95. The third-order valence-electron chi connectivity index (χ3n) is 5.57. The Morgan fingerprint density at radius 2 is 2.08 bits per heavy atom. The SMILES string of the molecule is O=C(c1ccnc(N2CCC3(CCCNC3=O)C2)c1)N1CCOCC1. The second kappa shape index (κ2) is 6.63. The van der Waals surface area contributed by atoms with Crippen LogP contribution in [-0.2, 0) is 9.53 Å². The van der Waals surface area contributed by atoms with Gasteiger partial charge in [0.2, 0.25) is 5.91 Å². The number of ether oxygens (including phenoxy) is 1. The van der Waals surface area contributed by atoms with Crippen LogP contribution in [0.1, 0.15) is 29.6 Å². The first-order valence-electron chi connectivity index (χ1n) is 9.04. The zero-order valence-electron chi connectivity index (χ0n) is 14.4. The summed E-state index contributed by atoms with van der Waals surface area (Å²) >= 11 is 0. The van der Waals surface area contributed by atoms with E-state index >= 15 is 0 Å². The minimum absolute atomic E-state index is 0.0243. The lowest BCUT2D eigenvalue weighted by Crippen LogP contribution is -2.47. The van der Waals surface area contributed by atoms with Crippen LogP contribution < -0.4 is 10.2 Å². The molecule has 3 fully saturated rings. The number of amides is 2. The molecule has 25 heavy (non-hydrogen) atoms. The number of carbonyl (C=O) groups excluding carboxylic acids is 2. The van der Waals surface area contributed by atoms with Gasteiger partial charge in [-0.2, -0.15) is 0 Å². The summed E-state index contributed by atoms with van der Waals surface area (Å²) in [7, 11) is 0. The molecule has 2 amide bonds. The fourth-order valence-electron chi connectivity index (χ4n) is 4.06. The number of anilines is 1. The van der Waals surface area contributed by atoms with E-state index in [1.165, 1.54) is 0 Å². The highest BCUT2D eigenvalue weighted by Crippen LogP contribution is 2.38. The molecule has 7 heteroatoms. The minimum Gasteiger partial charge on any atom is -0.378 e. The quantitative estimate of drug-likeness (QED) is 0.853. The number of carbonyl (C=O) groups is 2. The Bertz CT molecular complexity index is 674. The van der Waals surface area contributed by atoms with E-state index in [-0.39, 0.29) is 17.2 Å². The second-order valence-electron chi connectivity index (χ2n) is 7.12. The largest absolute Gasteiger partial charge is 0.378 e. The van der Waals surface area contributed by atoms with Crippen LogP contribution in [0.2, 0.25) is 0 Å². The van der Waals surface area contributed by atoms with Crippen molar-refractivity contribution in [1.82, 2.24) is 15.2 Å². The second-order valence-corrected chi connectivity index (χ2v) is 7.12. The van der Waals surface area contributed by atoms with E-state index in [0.29, 0.717) is 38.4 Å². The molecule has 7 nitrogen and oxygen atoms in total. The average Bonchev–Trinajstić information content (AvgIpc) is 3.10. The molecule has 0 bridgehead atoms. The molecule has 0 saturated carbocycles. The fraction of sp³-hybridized carbons (Fsp3) is 0.611. The summed E-state index contributed by atoms with van der Waals surface area (Å²) in [6.45, 7) is 4.70. The molecule has 1 aromatic rings. The van der Waals surface area contributed by atoms with Crippen LogP contribution in [0, 0.1) is 5.41 Å². The number of aromatic nitrogens is 1. The molecule has 3 aliphatic rings. The van der Waals surface area contributed by atoms with Crippen molar-refractivity contribution in [2.45, 2.75) is 19.3 Å². The molecule has 1 spiro atoms. The Morgan fingerprint density at radius 3 is 2.88 bits per heavy atom. The molecule has 4 heterocycles. The Balaban J connectivity index is 1.50. The standard InChI is InChI=1S/C18H24N4O3/c23-16(21-8-10-25-11-9-21)14-2-6-19-15(12-14)22-7-4-18(13-22)3-1-5-20-17(18)24/h2,6,12H,1,3-5,7-11,13H2,(H,20,24). The van der Waals surface area contributed by atoms with Gasteiger partial charge in [0.15, 0.2) is 0 Å². The number of piperidine rings is 1. The smallest absolute Gasteiger partial charge is 0.254 e. The van der Waals surface area contributed by atoms with Crippen LogP contribution in [0.3, 0.4) is 0 Å². The summed E-state index contributed by atoms with van der Waals surface area (Å²) in [4.78, 5) is 33.4. The number of rotatable bonds is 2. The van der Waals surface area contributed by atoms with Gasteiger partial charge in [0.05, 0.1) is 18.6 Å². The summed E-state index contributed by atoms with van der Waals surface area (Å²) in [5, 5.41) is 3.00. The molecule has 0 aromatic carbocycles. The van der Waals surface area contributed by atoms with E-state index in [0.717, 1.165) is 38.2 Å². The van der Waals surface area contributed by atoms with Crippen molar-refractivity contribution in [2.24, 2.45) is 5.41 Å². The molecular weight excluding hydrogens is 320 g/mol. The van der Waals surface area contributed by atoms with Gasteiger partial charge in [0, 0.05) is 44.5 Å². The Labute approximate surface area is 147 Å². The predicted octanol–water partition coefficient (Wildman–Crippen LogP) is 0.660. The minimum atomic E-state index is -0.288. The van der Waals surface area contributed by atoms with E-state index in [4.69, 9.17) is 4.74 Å². The van der Waals surface area contributed by atoms with Gasteiger partial charge in [0.25, 0.3) is 5.91 Å². The molecule has 1 N–H and O–H groups in total. The van der Waals surface area contributed by atoms with E-state index in [1.807, 2.05) is 11.0 Å². The van der Waals surface area contributed by atoms with Gasteiger partial charge in [0.1, 0.15) is 5.82 Å². The van der Waals surface area contributed by atoms with Crippen molar-refractivity contribution in [2.75, 3.05) is 50.8 Å². The predicted molar refractivity (Wildman–Crippen MR) is 92.5 cm³/mol. The number of hydrogen-bond donors (Lipinski definition) is 1. The van der Waals surface area contributed by atoms with E-state index < -0.39 is 0 Å². The number of morpholine rings is 1. The van der Waals surface area contributed by atoms with Gasteiger partial charge in [-0.1, -0.05) is 0 Å². The van der Waals surface area contributed by atoms with Crippen molar-refractivity contribution in [1.29, 1.82) is 0 Å². The molecule has 1 atom stereocenters. The lowest BCUT2D eigenvalue weighted by molar-refractivity contribution is -0.132. The third-order valence-corrected chi connectivity index (χ3v) is 5.57. The molecule has 1 unspecified atom stereocenters. The van der Waals surface area contributed by atoms with Crippen LogP contribution in [0.15, 0.2) is 18.3 Å². The Kier molecular flexibility index (Phi) is 4.33. The van der Waals surface area contributed by atoms with Crippen molar-refractivity contribution >= 4 is 17.6 Å². The Hall–Kier alpha value is -2.15. The molecule has 0 radical (unpaired) electrons. The lowest BCUT2D eigenvalue weighted by atomic mass is 9.79. The number of hydrogen-bond acceptors (Lipinski definition) is 5. The van der Waals surface area contributed by atoms with Gasteiger partial charge in [-0.15, -0.1) is 0 Å². The number of pyridine rings is 1. The molecule has 3 saturated heterocycles. The van der Waals surface area contributed by atoms with Gasteiger partial charge < -0.3 is 19.9 Å². The van der Waals surface area contributed by atoms with Crippen LogP contribution in [0.4, 0.5) is 5.82 Å². The summed E-state index contributed by atoms with van der Waals surface area (Å²) in [5.41, 5.74) is 0.366. The molecular formula is C18H24N4O3. The summed E-state index contributed by atoms with van der Waals surface area (Å²) in [6, 6.07) is 3.62. The van der Waals surface area contributed by atoms with E-state index in [9.17, 15) is 9.59 Å². The van der Waals surface area contributed by atoms with Gasteiger partial charge in [-0.25, -0.2) is 4.98 Å². The third kappa shape index (κ3) is 3.08. The highest BCUT2D eigenvalue weighted by atomic mass is 16.5. The zero-order chi connectivity index (χ0) is 17.3. The maximum atomic E-state index is 12.7. The number of nitrogens with one attached hydrogen (secondary N) is 1. The first kappa shape index (κ1) is 16.3. The van der Waals surface area contributed by atoms with Crippen LogP contribution in [0.25, 0.3) is 0 Å². The zero-order valence-corrected chi connectivity index (χ0v) is 14.4. The molecule has 3 aliphatic heterocycles. The summed E-state index contributed by atoms with van der Waals surface area (Å²) in [6.07, 6.45) is 4.50. The maximum Gasteiger partial charge on any atom is 0.254 e. The summed E-state index contributed by atoms with van der Waals surface area (Å²) in [5.74, 6) is 0.979. The number of nitrogens with zero attached hydrogens (tertiary/aromatic N) is 3. The van der Waals surface area contributed by atoms with Gasteiger partial charge in [-0.3, -0.25) is 9.59 Å². The van der Waals surface area contributed by atoms with Crippen molar-refractivity contribution in [3.8, 4) is 0 Å². The summed E-state index contributed by atoms with van der Waals surface area (Å²) < 4.78 is 5.31. The maximum absolute atomic E-state index is 12.7. The van der Waals surface area contributed by atoms with Crippen molar-refractivity contribution in [3.63, 3.8) is 0 Å². The normalized spacial score (nSPS) is 26.8. The Morgan fingerprint density at radius 1 is 1.24 bits per heavy atom. The van der Waals surface area contributed by atoms with Crippen LogP contribution in [0.5, 0.6) is 0 Å². The molecule has 4 rings (SSSR count). The highest BCUT2D eigenvalue weighted by Gasteiger charge is 2.46.